The molecule has 112 valence electrons. The zero-order chi connectivity index (χ0) is 15.4. The number of fused-ring (bicyclic) bond motifs is 1. The molecule has 1 aromatic carbocycles. The van der Waals surface area contributed by atoms with Crippen LogP contribution >= 0.6 is 11.8 Å². The van der Waals surface area contributed by atoms with Crippen molar-refractivity contribution in [2.75, 3.05) is 12.9 Å². The van der Waals surface area contributed by atoms with Crippen LogP contribution in [0.25, 0.3) is 11.0 Å². The van der Waals surface area contributed by atoms with Crippen LogP contribution in [0.15, 0.2) is 35.0 Å². The summed E-state index contributed by atoms with van der Waals surface area (Å²) in [6.07, 6.45) is 2.09. The van der Waals surface area contributed by atoms with E-state index >= 15 is 0 Å². The second kappa shape index (κ2) is 6.67. The number of benzene rings is 1. The highest BCUT2D eigenvalue weighted by atomic mass is 32.2. The standard InChI is InChI=1S/C15H18N2O3S/c1-10(2)7-8-17-11-5-4-6-12(20-3)14(11)16-15(17)21-9-13(18)19/h4-7H,8-9H2,1-3H3,(H,18,19). The number of hydrogen-bond acceptors (Lipinski definition) is 4. The van der Waals surface area contributed by atoms with Gasteiger partial charge in [0.05, 0.1) is 18.4 Å². The molecule has 0 unspecified atom stereocenters. The number of aromatic nitrogens is 2. The molecule has 0 saturated carbocycles. The largest absolute Gasteiger partial charge is 0.494 e. The van der Waals surface area contributed by atoms with E-state index in [0.29, 0.717) is 17.5 Å². The summed E-state index contributed by atoms with van der Waals surface area (Å²) in [4.78, 5) is 15.3. The van der Waals surface area contributed by atoms with E-state index in [-0.39, 0.29) is 5.75 Å². The predicted molar refractivity (Wildman–Crippen MR) is 84.1 cm³/mol. The number of thioether (sulfide) groups is 1. The lowest BCUT2D eigenvalue weighted by molar-refractivity contribution is -0.133. The van der Waals surface area contributed by atoms with E-state index < -0.39 is 5.97 Å². The molecule has 0 aliphatic rings. The first-order valence-electron chi connectivity index (χ1n) is 6.54. The number of para-hydroxylation sites is 1. The molecule has 21 heavy (non-hydrogen) atoms. The lowest BCUT2D eigenvalue weighted by atomic mass is 10.3. The van der Waals surface area contributed by atoms with Crippen molar-refractivity contribution in [1.29, 1.82) is 0 Å². The molecule has 0 spiro atoms. The summed E-state index contributed by atoms with van der Waals surface area (Å²) < 4.78 is 7.34. The summed E-state index contributed by atoms with van der Waals surface area (Å²) in [7, 11) is 1.61. The number of ether oxygens (including phenoxy) is 1. The zero-order valence-electron chi connectivity index (χ0n) is 12.3. The quantitative estimate of drug-likeness (QED) is 0.656. The molecule has 1 N–H and O–H groups in total. The van der Waals surface area contributed by atoms with Crippen molar-refractivity contribution in [3.05, 3.63) is 29.8 Å². The Morgan fingerprint density at radius 2 is 2.24 bits per heavy atom. The Hall–Kier alpha value is -1.95. The Morgan fingerprint density at radius 3 is 2.86 bits per heavy atom. The van der Waals surface area contributed by atoms with E-state index in [1.165, 1.54) is 17.3 Å². The minimum Gasteiger partial charge on any atom is -0.494 e. The number of carboxylic acid groups (broad SMARTS) is 1. The van der Waals surface area contributed by atoms with Crippen LogP contribution < -0.4 is 4.74 Å². The van der Waals surface area contributed by atoms with Crippen LogP contribution in [-0.4, -0.2) is 33.5 Å². The van der Waals surface area contributed by atoms with Gasteiger partial charge >= 0.3 is 5.97 Å². The average molecular weight is 306 g/mol. The van der Waals surface area contributed by atoms with Gasteiger partial charge < -0.3 is 14.4 Å². The van der Waals surface area contributed by atoms with E-state index in [1.54, 1.807) is 7.11 Å². The van der Waals surface area contributed by atoms with Gasteiger partial charge in [-0.25, -0.2) is 4.98 Å². The first-order valence-corrected chi connectivity index (χ1v) is 7.52. The van der Waals surface area contributed by atoms with Crippen LogP contribution in [-0.2, 0) is 11.3 Å². The Kier molecular flexibility index (Phi) is 4.90. The number of allylic oxidation sites excluding steroid dienone is 2. The summed E-state index contributed by atoms with van der Waals surface area (Å²) >= 11 is 1.22. The summed E-state index contributed by atoms with van der Waals surface area (Å²) in [5, 5.41) is 9.55. The highest BCUT2D eigenvalue weighted by Crippen LogP contribution is 2.30. The van der Waals surface area contributed by atoms with E-state index in [4.69, 9.17) is 9.84 Å². The van der Waals surface area contributed by atoms with Crippen LogP contribution in [0.2, 0.25) is 0 Å². The minimum absolute atomic E-state index is 0.0134. The third kappa shape index (κ3) is 3.58. The van der Waals surface area contributed by atoms with E-state index in [2.05, 4.69) is 11.1 Å². The van der Waals surface area contributed by atoms with E-state index in [1.807, 2.05) is 36.6 Å². The van der Waals surface area contributed by atoms with Crippen molar-refractivity contribution in [3.8, 4) is 5.75 Å². The molecule has 0 radical (unpaired) electrons. The molecule has 5 nitrogen and oxygen atoms in total. The van der Waals surface area contributed by atoms with Crippen LogP contribution in [0, 0.1) is 0 Å². The van der Waals surface area contributed by atoms with Crippen LogP contribution in [0.3, 0.4) is 0 Å². The fourth-order valence-corrected chi connectivity index (χ4v) is 2.69. The first kappa shape index (κ1) is 15.4. The van der Waals surface area contributed by atoms with Gasteiger partial charge in [-0.1, -0.05) is 29.5 Å². The number of carboxylic acids is 1. The highest BCUT2D eigenvalue weighted by molar-refractivity contribution is 7.99. The van der Waals surface area contributed by atoms with E-state index in [9.17, 15) is 4.79 Å². The second-order valence-electron chi connectivity index (χ2n) is 4.80. The molecule has 6 heteroatoms. The molecule has 0 saturated heterocycles. The predicted octanol–water partition coefficient (Wildman–Crippen LogP) is 3.19. The number of hydrogen-bond donors (Lipinski definition) is 1. The third-order valence-corrected chi connectivity index (χ3v) is 3.89. The highest BCUT2D eigenvalue weighted by Gasteiger charge is 2.14. The molecule has 0 fully saturated rings. The van der Waals surface area contributed by atoms with Crippen LogP contribution in [0.1, 0.15) is 13.8 Å². The summed E-state index contributed by atoms with van der Waals surface area (Å²) in [6, 6.07) is 5.73. The van der Waals surface area contributed by atoms with Gasteiger partial charge in [0.1, 0.15) is 11.3 Å². The maximum atomic E-state index is 10.8. The van der Waals surface area contributed by atoms with Crippen molar-refractivity contribution in [3.63, 3.8) is 0 Å². The van der Waals surface area contributed by atoms with Gasteiger partial charge in [0.2, 0.25) is 0 Å². The van der Waals surface area contributed by atoms with Crippen LogP contribution in [0.5, 0.6) is 5.75 Å². The summed E-state index contributed by atoms with van der Waals surface area (Å²) in [6.45, 7) is 4.72. The van der Waals surface area contributed by atoms with Crippen molar-refractivity contribution < 1.29 is 14.6 Å². The SMILES string of the molecule is COc1cccc2c1nc(SCC(=O)O)n2CC=C(C)C. The lowest BCUT2D eigenvalue weighted by Crippen LogP contribution is -2.02. The normalized spacial score (nSPS) is 10.6. The van der Waals surface area contributed by atoms with Gasteiger partial charge in [0.25, 0.3) is 0 Å². The Labute approximate surface area is 127 Å². The summed E-state index contributed by atoms with van der Waals surface area (Å²) in [5.74, 6) is -0.172. The molecule has 0 atom stereocenters. The molecule has 0 aliphatic heterocycles. The Balaban J connectivity index is 2.50. The zero-order valence-corrected chi connectivity index (χ0v) is 13.1. The topological polar surface area (TPSA) is 64.3 Å². The molecule has 0 bridgehead atoms. The second-order valence-corrected chi connectivity index (χ2v) is 5.74. The summed E-state index contributed by atoms with van der Waals surface area (Å²) in [5.41, 5.74) is 2.91. The molecule has 2 aromatic rings. The third-order valence-electron chi connectivity index (χ3n) is 2.93. The minimum atomic E-state index is -0.854. The van der Waals surface area contributed by atoms with Crippen molar-refractivity contribution in [2.45, 2.75) is 25.5 Å². The fraction of sp³-hybridized carbons (Fsp3) is 0.333. The Morgan fingerprint density at radius 1 is 1.48 bits per heavy atom. The smallest absolute Gasteiger partial charge is 0.313 e. The Bertz CT molecular complexity index is 688. The molecule has 1 aromatic heterocycles. The molecule has 0 amide bonds. The maximum absolute atomic E-state index is 10.8. The number of imidazole rings is 1. The molecule has 1 heterocycles. The van der Waals surface area contributed by atoms with Gasteiger partial charge in [0.15, 0.2) is 5.16 Å². The maximum Gasteiger partial charge on any atom is 0.313 e. The molecular formula is C15H18N2O3S. The van der Waals surface area contributed by atoms with Crippen molar-refractivity contribution in [2.24, 2.45) is 0 Å². The van der Waals surface area contributed by atoms with Crippen LogP contribution in [0.4, 0.5) is 0 Å². The van der Waals surface area contributed by atoms with Gasteiger partial charge in [0, 0.05) is 6.54 Å². The molecular weight excluding hydrogens is 288 g/mol. The van der Waals surface area contributed by atoms with Crippen molar-refractivity contribution in [1.82, 2.24) is 9.55 Å². The van der Waals surface area contributed by atoms with Gasteiger partial charge in [-0.05, 0) is 26.0 Å². The van der Waals surface area contributed by atoms with E-state index in [0.717, 1.165) is 11.0 Å². The van der Waals surface area contributed by atoms with Crippen molar-refractivity contribution >= 4 is 28.8 Å². The fourth-order valence-electron chi connectivity index (χ4n) is 1.95. The molecule has 2 rings (SSSR count). The number of rotatable bonds is 6. The average Bonchev–Trinajstić information content (AvgIpc) is 2.80. The molecule has 0 aliphatic carbocycles. The monoisotopic (exact) mass is 306 g/mol. The van der Waals surface area contributed by atoms with Gasteiger partial charge in [-0.3, -0.25) is 4.79 Å². The van der Waals surface area contributed by atoms with Gasteiger partial charge in [-0.2, -0.15) is 0 Å². The lowest BCUT2D eigenvalue weighted by Gasteiger charge is -2.06. The van der Waals surface area contributed by atoms with Gasteiger partial charge in [-0.15, -0.1) is 0 Å². The number of nitrogens with zero attached hydrogens (tertiary/aromatic N) is 2. The number of methoxy groups -OCH3 is 1. The first-order chi connectivity index (χ1) is 10.0. The number of carbonyl (C=O) groups is 1. The number of aliphatic carboxylic acids is 1.